The average molecular weight is 349 g/mol. The molecule has 6 nitrogen and oxygen atoms in total. The standard InChI is InChI=1S/C20H23N5O/c21-14-15-1-4-18-16(13-15)2-5-19(23-18)25-11-9-24(10-12-25)17-3-6-20(26)22-8-7-17/h1-2,4-5,13,17H,3,6-12H2,(H,22,26)/t17-/m1/s1. The number of hydrogen-bond acceptors (Lipinski definition) is 5. The summed E-state index contributed by atoms with van der Waals surface area (Å²) in [6.07, 6.45) is 2.64. The molecular formula is C20H23N5O. The lowest BCUT2D eigenvalue weighted by atomic mass is 10.1. The molecule has 2 saturated heterocycles. The van der Waals surface area contributed by atoms with Gasteiger partial charge in [0.2, 0.25) is 5.91 Å². The van der Waals surface area contributed by atoms with Crippen LogP contribution in [-0.4, -0.2) is 54.6 Å². The summed E-state index contributed by atoms with van der Waals surface area (Å²) < 4.78 is 0. The number of pyridine rings is 1. The van der Waals surface area contributed by atoms with Crippen molar-refractivity contribution >= 4 is 22.6 Å². The van der Waals surface area contributed by atoms with Gasteiger partial charge in [-0.1, -0.05) is 0 Å². The lowest BCUT2D eigenvalue weighted by Gasteiger charge is -2.39. The van der Waals surface area contributed by atoms with Crippen LogP contribution in [0.25, 0.3) is 10.9 Å². The fourth-order valence-electron chi connectivity index (χ4n) is 3.95. The van der Waals surface area contributed by atoms with Crippen LogP contribution in [0.4, 0.5) is 5.82 Å². The minimum Gasteiger partial charge on any atom is -0.356 e. The largest absolute Gasteiger partial charge is 0.356 e. The predicted octanol–water partition coefficient (Wildman–Crippen LogP) is 1.90. The molecule has 1 aromatic heterocycles. The summed E-state index contributed by atoms with van der Waals surface area (Å²) in [6.45, 7) is 4.71. The normalized spacial score (nSPS) is 21.9. The summed E-state index contributed by atoms with van der Waals surface area (Å²) >= 11 is 0. The molecule has 2 aromatic rings. The number of rotatable bonds is 2. The maximum atomic E-state index is 11.5. The lowest BCUT2D eigenvalue weighted by molar-refractivity contribution is -0.120. The van der Waals surface area contributed by atoms with Crippen molar-refractivity contribution in [3.63, 3.8) is 0 Å². The van der Waals surface area contributed by atoms with Gasteiger partial charge in [0.25, 0.3) is 0 Å². The SMILES string of the molecule is N#Cc1ccc2nc(N3CCN([C@H]4CCNC(=O)CC4)CC3)ccc2c1. The van der Waals surface area contributed by atoms with Gasteiger partial charge < -0.3 is 10.2 Å². The fourth-order valence-corrected chi connectivity index (χ4v) is 3.95. The first-order valence-electron chi connectivity index (χ1n) is 9.29. The maximum Gasteiger partial charge on any atom is 0.220 e. The third kappa shape index (κ3) is 3.49. The molecular weight excluding hydrogens is 326 g/mol. The highest BCUT2D eigenvalue weighted by molar-refractivity contribution is 5.81. The van der Waals surface area contributed by atoms with E-state index < -0.39 is 0 Å². The first kappa shape index (κ1) is 16.8. The van der Waals surface area contributed by atoms with Gasteiger partial charge in [0.1, 0.15) is 5.82 Å². The van der Waals surface area contributed by atoms with E-state index in [2.05, 4.69) is 21.2 Å². The van der Waals surface area contributed by atoms with Gasteiger partial charge in [-0.05, 0) is 43.2 Å². The molecule has 0 aliphatic carbocycles. The summed E-state index contributed by atoms with van der Waals surface area (Å²) in [6, 6.07) is 12.4. The Labute approximate surface area is 153 Å². The second-order valence-electron chi connectivity index (χ2n) is 7.04. The summed E-state index contributed by atoms with van der Waals surface area (Å²) in [7, 11) is 0. The molecule has 3 heterocycles. The Hall–Kier alpha value is -2.65. The third-order valence-electron chi connectivity index (χ3n) is 5.46. The molecule has 2 aliphatic rings. The summed E-state index contributed by atoms with van der Waals surface area (Å²) in [4.78, 5) is 21.2. The van der Waals surface area contributed by atoms with E-state index >= 15 is 0 Å². The van der Waals surface area contributed by atoms with Gasteiger partial charge in [-0.25, -0.2) is 4.98 Å². The molecule has 1 atom stereocenters. The van der Waals surface area contributed by atoms with Crippen LogP contribution in [-0.2, 0) is 4.79 Å². The van der Waals surface area contributed by atoms with Crippen LogP contribution in [0.5, 0.6) is 0 Å². The van der Waals surface area contributed by atoms with Crippen molar-refractivity contribution < 1.29 is 4.79 Å². The molecule has 6 heteroatoms. The van der Waals surface area contributed by atoms with E-state index in [1.807, 2.05) is 30.3 Å². The van der Waals surface area contributed by atoms with Crippen molar-refractivity contribution in [3.8, 4) is 6.07 Å². The van der Waals surface area contributed by atoms with Crippen LogP contribution in [0, 0.1) is 11.3 Å². The third-order valence-corrected chi connectivity index (χ3v) is 5.46. The average Bonchev–Trinajstić information content (AvgIpc) is 2.92. The molecule has 0 unspecified atom stereocenters. The van der Waals surface area contributed by atoms with Gasteiger partial charge in [0.15, 0.2) is 0 Å². The number of amides is 1. The number of nitrogens with one attached hydrogen (secondary N) is 1. The van der Waals surface area contributed by atoms with E-state index in [0.717, 1.165) is 62.3 Å². The second kappa shape index (κ2) is 7.30. The van der Waals surface area contributed by atoms with Crippen LogP contribution < -0.4 is 10.2 Å². The Balaban J connectivity index is 1.42. The minimum absolute atomic E-state index is 0.186. The van der Waals surface area contributed by atoms with Gasteiger partial charge in [-0.3, -0.25) is 9.69 Å². The Morgan fingerprint density at radius 1 is 1.12 bits per heavy atom. The van der Waals surface area contributed by atoms with Crippen molar-refractivity contribution in [3.05, 3.63) is 35.9 Å². The predicted molar refractivity (Wildman–Crippen MR) is 101 cm³/mol. The van der Waals surface area contributed by atoms with Gasteiger partial charge in [-0.2, -0.15) is 5.26 Å². The number of benzene rings is 1. The Morgan fingerprint density at radius 2 is 1.96 bits per heavy atom. The monoisotopic (exact) mass is 349 g/mol. The van der Waals surface area contributed by atoms with Crippen molar-refractivity contribution in [1.29, 1.82) is 5.26 Å². The van der Waals surface area contributed by atoms with E-state index in [0.29, 0.717) is 18.0 Å². The van der Waals surface area contributed by atoms with Gasteiger partial charge in [0.05, 0.1) is 17.1 Å². The van der Waals surface area contributed by atoms with E-state index in [4.69, 9.17) is 10.2 Å². The molecule has 0 saturated carbocycles. The van der Waals surface area contributed by atoms with E-state index in [1.165, 1.54) is 0 Å². The first-order chi connectivity index (χ1) is 12.7. The number of anilines is 1. The molecule has 0 spiro atoms. The molecule has 1 N–H and O–H groups in total. The number of aromatic nitrogens is 1. The zero-order chi connectivity index (χ0) is 17.9. The summed E-state index contributed by atoms with van der Waals surface area (Å²) in [5.74, 6) is 1.19. The second-order valence-corrected chi connectivity index (χ2v) is 7.04. The van der Waals surface area contributed by atoms with Gasteiger partial charge >= 0.3 is 0 Å². The highest BCUT2D eigenvalue weighted by atomic mass is 16.1. The number of piperazine rings is 1. The zero-order valence-corrected chi connectivity index (χ0v) is 14.8. The number of nitriles is 1. The molecule has 2 aliphatic heterocycles. The topological polar surface area (TPSA) is 72.3 Å². The van der Waals surface area contributed by atoms with Crippen LogP contribution in [0.2, 0.25) is 0 Å². The number of fused-ring (bicyclic) bond motifs is 1. The Morgan fingerprint density at radius 3 is 2.77 bits per heavy atom. The summed E-state index contributed by atoms with van der Waals surface area (Å²) in [5.41, 5.74) is 1.59. The molecule has 2 fully saturated rings. The van der Waals surface area contributed by atoms with Crippen LogP contribution in [0.1, 0.15) is 24.8 Å². The van der Waals surface area contributed by atoms with E-state index in [-0.39, 0.29) is 5.91 Å². The smallest absolute Gasteiger partial charge is 0.220 e. The quantitative estimate of drug-likeness (QED) is 0.896. The molecule has 26 heavy (non-hydrogen) atoms. The van der Waals surface area contributed by atoms with Crippen LogP contribution >= 0.6 is 0 Å². The summed E-state index contributed by atoms with van der Waals surface area (Å²) in [5, 5.41) is 13.0. The maximum absolute atomic E-state index is 11.5. The number of carbonyl (C=O) groups is 1. The van der Waals surface area contributed by atoms with Crippen molar-refractivity contribution in [2.75, 3.05) is 37.6 Å². The highest BCUT2D eigenvalue weighted by Gasteiger charge is 2.26. The first-order valence-corrected chi connectivity index (χ1v) is 9.29. The van der Waals surface area contributed by atoms with Gasteiger partial charge in [0, 0.05) is 50.6 Å². The van der Waals surface area contributed by atoms with Crippen LogP contribution in [0.15, 0.2) is 30.3 Å². The molecule has 0 bridgehead atoms. The van der Waals surface area contributed by atoms with Crippen molar-refractivity contribution in [2.24, 2.45) is 0 Å². The van der Waals surface area contributed by atoms with Crippen molar-refractivity contribution in [2.45, 2.75) is 25.3 Å². The molecule has 4 rings (SSSR count). The van der Waals surface area contributed by atoms with E-state index in [9.17, 15) is 4.79 Å². The Kier molecular flexibility index (Phi) is 4.72. The lowest BCUT2D eigenvalue weighted by Crippen LogP contribution is -2.50. The molecule has 134 valence electrons. The van der Waals surface area contributed by atoms with Gasteiger partial charge in [-0.15, -0.1) is 0 Å². The highest BCUT2D eigenvalue weighted by Crippen LogP contribution is 2.22. The molecule has 1 aromatic carbocycles. The Bertz CT molecular complexity index is 851. The minimum atomic E-state index is 0.186. The number of nitrogens with zero attached hydrogens (tertiary/aromatic N) is 4. The number of carbonyl (C=O) groups excluding carboxylic acids is 1. The van der Waals surface area contributed by atoms with Crippen LogP contribution in [0.3, 0.4) is 0 Å². The van der Waals surface area contributed by atoms with E-state index in [1.54, 1.807) is 0 Å². The zero-order valence-electron chi connectivity index (χ0n) is 14.8. The molecule has 0 radical (unpaired) electrons. The molecule has 1 amide bonds. The fraction of sp³-hybridized carbons (Fsp3) is 0.450. The number of hydrogen-bond donors (Lipinski definition) is 1. The van der Waals surface area contributed by atoms with Crippen molar-refractivity contribution in [1.82, 2.24) is 15.2 Å².